The van der Waals surface area contributed by atoms with Crippen LogP contribution in [0.25, 0.3) is 10.9 Å². The van der Waals surface area contributed by atoms with Crippen molar-refractivity contribution in [1.82, 2.24) is 29.8 Å². The number of benzene rings is 1. The van der Waals surface area contributed by atoms with Crippen LogP contribution in [0.5, 0.6) is 0 Å². The van der Waals surface area contributed by atoms with Gasteiger partial charge in [0.25, 0.3) is 5.91 Å². The monoisotopic (exact) mass is 365 g/mol. The van der Waals surface area contributed by atoms with E-state index in [2.05, 4.69) is 15.3 Å². The van der Waals surface area contributed by atoms with Gasteiger partial charge in [-0.3, -0.25) is 19.5 Å². The van der Waals surface area contributed by atoms with Gasteiger partial charge in [-0.2, -0.15) is 10.2 Å². The fraction of sp³-hybridized carbons (Fsp3) is 0.333. The van der Waals surface area contributed by atoms with Gasteiger partial charge in [0.1, 0.15) is 0 Å². The number of carbonyl (C=O) groups excluding carboxylic acids is 2. The van der Waals surface area contributed by atoms with Crippen molar-refractivity contribution < 1.29 is 9.59 Å². The third-order valence-electron chi connectivity index (χ3n) is 5.31. The first kappa shape index (κ1) is 15.9. The Kier molecular flexibility index (Phi) is 3.43. The van der Waals surface area contributed by atoms with Crippen molar-refractivity contribution in [1.29, 1.82) is 0 Å². The second-order valence-electron chi connectivity index (χ2n) is 7.02. The number of aromatic amines is 1. The van der Waals surface area contributed by atoms with Gasteiger partial charge in [0, 0.05) is 44.8 Å². The standard InChI is InChI=1S/C18H19N7O2/c1-22-6-7-24(18(22)27)12-8-19-25(11-12)13-9-23(10-13)17(26)16-14-4-2-3-5-15(14)20-21-16/h2-5,8,11,13H,6-7,9-10H2,1H3,(H,20,21). The van der Waals surface area contributed by atoms with Gasteiger partial charge in [0.2, 0.25) is 0 Å². The molecule has 9 heteroatoms. The molecule has 0 atom stereocenters. The van der Waals surface area contributed by atoms with Crippen LogP contribution in [0.4, 0.5) is 10.5 Å². The fourth-order valence-electron chi connectivity index (χ4n) is 3.62. The van der Waals surface area contributed by atoms with Crippen LogP contribution in [0, 0.1) is 0 Å². The number of nitrogens with one attached hydrogen (secondary N) is 1. The van der Waals surface area contributed by atoms with Crippen LogP contribution in [0.1, 0.15) is 16.5 Å². The maximum atomic E-state index is 12.7. The molecule has 138 valence electrons. The molecule has 9 nitrogen and oxygen atoms in total. The molecule has 4 heterocycles. The van der Waals surface area contributed by atoms with Gasteiger partial charge < -0.3 is 9.80 Å². The number of likely N-dealkylation sites (N-methyl/N-ethyl adjacent to an activating group) is 1. The van der Waals surface area contributed by atoms with Crippen molar-refractivity contribution in [2.75, 3.05) is 38.1 Å². The van der Waals surface area contributed by atoms with E-state index < -0.39 is 0 Å². The number of fused-ring (bicyclic) bond motifs is 1. The average Bonchev–Trinajstić information content (AvgIpc) is 3.34. The highest BCUT2D eigenvalue weighted by molar-refractivity contribution is 6.04. The molecule has 0 aliphatic carbocycles. The van der Waals surface area contributed by atoms with E-state index >= 15 is 0 Å². The number of rotatable bonds is 3. The summed E-state index contributed by atoms with van der Waals surface area (Å²) in [7, 11) is 1.79. The van der Waals surface area contributed by atoms with E-state index in [0.717, 1.165) is 16.6 Å². The summed E-state index contributed by atoms with van der Waals surface area (Å²) in [6.45, 7) is 2.54. The van der Waals surface area contributed by atoms with Crippen molar-refractivity contribution in [2.24, 2.45) is 0 Å². The van der Waals surface area contributed by atoms with E-state index in [1.807, 2.05) is 35.1 Å². The average molecular weight is 365 g/mol. The SMILES string of the molecule is CN1CCN(c2cnn(C3CN(C(=O)c4n[nH]c5ccccc45)C3)c2)C1=O. The van der Waals surface area contributed by atoms with E-state index in [1.54, 1.807) is 27.9 Å². The van der Waals surface area contributed by atoms with Crippen molar-refractivity contribution in [3.8, 4) is 0 Å². The molecule has 0 spiro atoms. The number of para-hydroxylation sites is 1. The topological polar surface area (TPSA) is 90.4 Å². The van der Waals surface area contributed by atoms with Gasteiger partial charge >= 0.3 is 6.03 Å². The number of hydrogen-bond donors (Lipinski definition) is 1. The summed E-state index contributed by atoms with van der Waals surface area (Å²) in [5.74, 6) is -0.0765. The molecule has 3 amide bonds. The van der Waals surface area contributed by atoms with Gasteiger partial charge in [-0.1, -0.05) is 18.2 Å². The minimum absolute atomic E-state index is 0.00891. The zero-order valence-electron chi connectivity index (χ0n) is 14.9. The first-order valence-corrected chi connectivity index (χ1v) is 8.91. The van der Waals surface area contributed by atoms with Gasteiger partial charge in [0.05, 0.1) is 23.4 Å². The second kappa shape index (κ2) is 5.83. The van der Waals surface area contributed by atoms with E-state index in [1.165, 1.54) is 0 Å². The summed E-state index contributed by atoms with van der Waals surface area (Å²) >= 11 is 0. The van der Waals surface area contributed by atoms with E-state index in [-0.39, 0.29) is 18.0 Å². The largest absolute Gasteiger partial charge is 0.333 e. The first-order valence-electron chi connectivity index (χ1n) is 8.91. The molecule has 1 aromatic carbocycles. The Morgan fingerprint density at radius 2 is 2.04 bits per heavy atom. The van der Waals surface area contributed by atoms with Crippen molar-refractivity contribution >= 4 is 28.5 Å². The third-order valence-corrected chi connectivity index (χ3v) is 5.31. The Morgan fingerprint density at radius 3 is 2.81 bits per heavy atom. The molecule has 0 unspecified atom stereocenters. The zero-order valence-corrected chi connectivity index (χ0v) is 14.9. The van der Waals surface area contributed by atoms with Crippen molar-refractivity contribution in [3.05, 3.63) is 42.4 Å². The third kappa shape index (κ3) is 2.46. The second-order valence-corrected chi connectivity index (χ2v) is 7.02. The predicted octanol–water partition coefficient (Wildman–Crippen LogP) is 1.33. The maximum Gasteiger partial charge on any atom is 0.324 e. The number of amides is 3. The Labute approximate surface area is 155 Å². The molecule has 1 N–H and O–H groups in total. The lowest BCUT2D eigenvalue weighted by Gasteiger charge is -2.38. The highest BCUT2D eigenvalue weighted by Gasteiger charge is 2.35. The van der Waals surface area contributed by atoms with Crippen LogP contribution in [0.15, 0.2) is 36.7 Å². The molecule has 5 rings (SSSR count). The summed E-state index contributed by atoms with van der Waals surface area (Å²) in [5, 5.41) is 12.3. The number of urea groups is 1. The minimum Gasteiger partial charge on any atom is -0.333 e. The molecule has 0 radical (unpaired) electrons. The van der Waals surface area contributed by atoms with Gasteiger partial charge in [-0.15, -0.1) is 0 Å². The van der Waals surface area contributed by atoms with Crippen LogP contribution in [-0.2, 0) is 0 Å². The van der Waals surface area contributed by atoms with Gasteiger partial charge in [-0.25, -0.2) is 4.79 Å². The highest BCUT2D eigenvalue weighted by atomic mass is 16.2. The Morgan fingerprint density at radius 1 is 1.22 bits per heavy atom. The molecule has 2 saturated heterocycles. The summed E-state index contributed by atoms with van der Waals surface area (Å²) in [5.41, 5.74) is 2.11. The zero-order chi connectivity index (χ0) is 18.5. The summed E-state index contributed by atoms with van der Waals surface area (Å²) < 4.78 is 1.84. The quantitative estimate of drug-likeness (QED) is 0.758. The molecule has 2 fully saturated rings. The molecule has 27 heavy (non-hydrogen) atoms. The molecular formula is C18H19N7O2. The van der Waals surface area contributed by atoms with Crippen LogP contribution >= 0.6 is 0 Å². The number of hydrogen-bond acceptors (Lipinski definition) is 4. The van der Waals surface area contributed by atoms with Crippen molar-refractivity contribution in [3.63, 3.8) is 0 Å². The lowest BCUT2D eigenvalue weighted by atomic mass is 10.1. The first-order chi connectivity index (χ1) is 13.1. The molecule has 2 aliphatic heterocycles. The Hall–Kier alpha value is -3.36. The van der Waals surface area contributed by atoms with E-state index in [9.17, 15) is 9.59 Å². The van der Waals surface area contributed by atoms with Crippen LogP contribution in [-0.4, -0.2) is 74.9 Å². The van der Waals surface area contributed by atoms with Gasteiger partial charge in [-0.05, 0) is 6.07 Å². The maximum absolute atomic E-state index is 12.7. The van der Waals surface area contributed by atoms with Gasteiger partial charge in [0.15, 0.2) is 5.69 Å². The molecule has 2 aliphatic rings. The number of carbonyl (C=O) groups is 2. The number of likely N-dealkylation sites (tertiary alicyclic amines) is 1. The molecule has 0 bridgehead atoms. The number of H-pyrrole nitrogens is 1. The molecule has 0 saturated carbocycles. The fourth-order valence-corrected chi connectivity index (χ4v) is 3.62. The molecule has 3 aromatic rings. The van der Waals surface area contributed by atoms with Crippen LogP contribution in [0.3, 0.4) is 0 Å². The molecular weight excluding hydrogens is 346 g/mol. The number of anilines is 1. The van der Waals surface area contributed by atoms with Crippen LogP contribution in [0.2, 0.25) is 0 Å². The number of nitrogens with zero attached hydrogens (tertiary/aromatic N) is 6. The van der Waals surface area contributed by atoms with Crippen LogP contribution < -0.4 is 4.90 Å². The highest BCUT2D eigenvalue weighted by Crippen LogP contribution is 2.27. The molecule has 2 aromatic heterocycles. The minimum atomic E-state index is -0.0765. The van der Waals surface area contributed by atoms with E-state index in [0.29, 0.717) is 31.9 Å². The smallest absolute Gasteiger partial charge is 0.324 e. The normalized spacial score (nSPS) is 17.8. The summed E-state index contributed by atoms with van der Waals surface area (Å²) in [4.78, 5) is 30.0. The number of aromatic nitrogens is 4. The van der Waals surface area contributed by atoms with E-state index in [4.69, 9.17) is 0 Å². The summed E-state index contributed by atoms with van der Waals surface area (Å²) in [6, 6.07) is 7.71. The Bertz CT molecular complexity index is 1030. The van der Waals surface area contributed by atoms with Crippen molar-refractivity contribution in [2.45, 2.75) is 6.04 Å². The Balaban J connectivity index is 1.27. The summed E-state index contributed by atoms with van der Waals surface area (Å²) in [6.07, 6.45) is 3.59. The lowest BCUT2D eigenvalue weighted by molar-refractivity contribution is 0.0497. The lowest BCUT2D eigenvalue weighted by Crippen LogP contribution is -2.51. The predicted molar refractivity (Wildman–Crippen MR) is 98.6 cm³/mol.